The number of hydrogen-bond acceptors (Lipinski definition) is 4. The maximum Gasteiger partial charge on any atom is 0.190 e. The molecule has 0 aliphatic carbocycles. The Morgan fingerprint density at radius 3 is 2.92 bits per heavy atom. The predicted molar refractivity (Wildman–Crippen MR) is 93.8 cm³/mol. The van der Waals surface area contributed by atoms with Crippen molar-refractivity contribution in [1.82, 2.24) is 20.0 Å². The van der Waals surface area contributed by atoms with Gasteiger partial charge in [0.2, 0.25) is 0 Å². The lowest BCUT2D eigenvalue weighted by molar-refractivity contribution is 0.308. The van der Waals surface area contributed by atoms with Crippen molar-refractivity contribution < 1.29 is 4.74 Å². The molecular formula is C19H15N5O. The Bertz CT molecular complexity index is 1090. The van der Waals surface area contributed by atoms with Crippen LogP contribution in [0.3, 0.4) is 0 Å². The van der Waals surface area contributed by atoms with Crippen molar-refractivity contribution in [2.45, 2.75) is 6.61 Å². The first-order chi connectivity index (χ1) is 12.3. The van der Waals surface area contributed by atoms with Crippen molar-refractivity contribution in [1.29, 1.82) is 5.26 Å². The van der Waals surface area contributed by atoms with Crippen LogP contribution in [0.4, 0.5) is 0 Å². The first kappa shape index (κ1) is 15.0. The Labute approximate surface area is 144 Å². The van der Waals surface area contributed by atoms with E-state index in [-0.39, 0.29) is 5.69 Å². The summed E-state index contributed by atoms with van der Waals surface area (Å²) in [7, 11) is 2.03. The third kappa shape index (κ3) is 2.72. The Balaban J connectivity index is 1.59. The molecule has 122 valence electrons. The second-order valence-electron chi connectivity index (χ2n) is 5.73. The van der Waals surface area contributed by atoms with Gasteiger partial charge in [-0.05, 0) is 29.8 Å². The van der Waals surface area contributed by atoms with Crippen LogP contribution >= 0.6 is 0 Å². The molecule has 0 amide bonds. The number of H-pyrrole nitrogens is 1. The molecule has 0 aliphatic heterocycles. The molecule has 0 spiro atoms. The van der Waals surface area contributed by atoms with Crippen molar-refractivity contribution >= 4 is 10.9 Å². The summed E-state index contributed by atoms with van der Waals surface area (Å²) in [5, 5.41) is 20.6. The molecule has 0 fully saturated rings. The topological polar surface area (TPSA) is 79.5 Å². The number of aryl methyl sites for hydroxylation is 1. The van der Waals surface area contributed by atoms with Gasteiger partial charge in [-0.25, -0.2) is 0 Å². The van der Waals surface area contributed by atoms with E-state index in [1.165, 1.54) is 10.9 Å². The van der Waals surface area contributed by atoms with Gasteiger partial charge in [0.1, 0.15) is 24.1 Å². The number of nitriles is 1. The minimum absolute atomic E-state index is 0.270. The molecule has 0 aliphatic rings. The lowest BCUT2D eigenvalue weighted by Gasteiger charge is -2.09. The van der Waals surface area contributed by atoms with E-state index >= 15 is 0 Å². The molecule has 6 nitrogen and oxygen atoms in total. The number of hydrogen-bond donors (Lipinski definition) is 1. The van der Waals surface area contributed by atoms with E-state index < -0.39 is 0 Å². The minimum atomic E-state index is 0.270. The molecule has 25 heavy (non-hydrogen) atoms. The second-order valence-corrected chi connectivity index (χ2v) is 5.73. The second kappa shape index (κ2) is 6.13. The largest absolute Gasteiger partial charge is 0.489 e. The summed E-state index contributed by atoms with van der Waals surface area (Å²) in [6.45, 7) is 0.467. The van der Waals surface area contributed by atoms with Crippen LogP contribution in [-0.4, -0.2) is 20.0 Å². The van der Waals surface area contributed by atoms with E-state index in [2.05, 4.69) is 38.2 Å². The van der Waals surface area contributed by atoms with Gasteiger partial charge in [0.25, 0.3) is 0 Å². The summed E-state index contributed by atoms with van der Waals surface area (Å²) in [4.78, 5) is 0. The molecule has 1 N–H and O–H groups in total. The standard InChI is InChI=1S/C19H15N5O/c1-24-9-8-16-14(5-3-7-18(16)24)12-25-15-6-2-4-13(10-15)19-17(11-20)21-23-22-19/h2-10H,12H2,1H3,(H,21,22,23). The van der Waals surface area contributed by atoms with E-state index in [0.29, 0.717) is 12.3 Å². The predicted octanol–water partition coefficient (Wildman–Crippen LogP) is 3.41. The lowest BCUT2D eigenvalue weighted by atomic mass is 10.1. The Hall–Kier alpha value is -3.59. The molecule has 0 atom stereocenters. The van der Waals surface area contributed by atoms with E-state index in [1.807, 2.05) is 49.6 Å². The first-order valence-electron chi connectivity index (χ1n) is 7.83. The Morgan fingerprint density at radius 1 is 1.16 bits per heavy atom. The smallest absolute Gasteiger partial charge is 0.190 e. The summed E-state index contributed by atoms with van der Waals surface area (Å²) < 4.78 is 8.06. The highest BCUT2D eigenvalue weighted by atomic mass is 16.5. The van der Waals surface area contributed by atoms with Gasteiger partial charge in [0.15, 0.2) is 5.69 Å². The van der Waals surface area contributed by atoms with Crippen LogP contribution in [0, 0.1) is 11.3 Å². The molecule has 2 aromatic heterocycles. The van der Waals surface area contributed by atoms with Crippen molar-refractivity contribution in [3.8, 4) is 23.1 Å². The molecule has 2 aromatic carbocycles. The summed E-state index contributed by atoms with van der Waals surface area (Å²) in [6.07, 6.45) is 2.04. The number of nitrogens with one attached hydrogen (secondary N) is 1. The highest BCUT2D eigenvalue weighted by molar-refractivity contribution is 5.83. The van der Waals surface area contributed by atoms with Gasteiger partial charge < -0.3 is 9.30 Å². The number of benzene rings is 2. The maximum atomic E-state index is 9.09. The van der Waals surface area contributed by atoms with E-state index in [0.717, 1.165) is 16.9 Å². The molecule has 0 saturated heterocycles. The summed E-state index contributed by atoms with van der Waals surface area (Å²) >= 11 is 0. The van der Waals surface area contributed by atoms with E-state index in [1.54, 1.807) is 0 Å². The van der Waals surface area contributed by atoms with Crippen LogP contribution in [0.1, 0.15) is 11.3 Å². The molecule has 0 radical (unpaired) electrons. The third-order valence-corrected chi connectivity index (χ3v) is 4.17. The third-order valence-electron chi connectivity index (χ3n) is 4.17. The lowest BCUT2D eigenvalue weighted by Crippen LogP contribution is -1.96. The molecule has 4 aromatic rings. The maximum absolute atomic E-state index is 9.09. The van der Waals surface area contributed by atoms with Crippen LogP contribution in [-0.2, 0) is 13.7 Å². The molecule has 0 unspecified atom stereocenters. The van der Waals surface area contributed by atoms with Gasteiger partial charge in [-0.15, -0.1) is 5.10 Å². The molecular weight excluding hydrogens is 314 g/mol. The van der Waals surface area contributed by atoms with Gasteiger partial charge >= 0.3 is 0 Å². The van der Waals surface area contributed by atoms with Crippen LogP contribution in [0.2, 0.25) is 0 Å². The minimum Gasteiger partial charge on any atom is -0.489 e. The molecule has 2 heterocycles. The monoisotopic (exact) mass is 329 g/mol. The summed E-state index contributed by atoms with van der Waals surface area (Å²) in [6, 6.07) is 17.8. The van der Waals surface area contributed by atoms with Gasteiger partial charge in [0.05, 0.1) is 0 Å². The fourth-order valence-electron chi connectivity index (χ4n) is 2.90. The number of nitrogens with zero attached hydrogens (tertiary/aromatic N) is 4. The number of aromatic nitrogens is 4. The molecule has 6 heteroatoms. The van der Waals surface area contributed by atoms with Crippen molar-refractivity contribution in [2.24, 2.45) is 7.05 Å². The number of ether oxygens (including phenoxy) is 1. The van der Waals surface area contributed by atoms with Gasteiger partial charge in [-0.2, -0.15) is 15.6 Å². The number of fused-ring (bicyclic) bond motifs is 1. The van der Waals surface area contributed by atoms with Crippen LogP contribution in [0.5, 0.6) is 5.75 Å². The van der Waals surface area contributed by atoms with Crippen molar-refractivity contribution in [2.75, 3.05) is 0 Å². The van der Waals surface area contributed by atoms with Crippen LogP contribution < -0.4 is 4.74 Å². The van der Waals surface area contributed by atoms with Crippen molar-refractivity contribution in [3.63, 3.8) is 0 Å². The fraction of sp³-hybridized carbons (Fsp3) is 0.105. The zero-order chi connectivity index (χ0) is 17.2. The summed E-state index contributed by atoms with van der Waals surface area (Å²) in [5.41, 5.74) is 3.89. The average molecular weight is 329 g/mol. The Kier molecular flexibility index (Phi) is 3.67. The number of rotatable bonds is 4. The zero-order valence-corrected chi connectivity index (χ0v) is 13.6. The van der Waals surface area contributed by atoms with Gasteiger partial charge in [-0.1, -0.05) is 24.3 Å². The zero-order valence-electron chi connectivity index (χ0n) is 13.6. The average Bonchev–Trinajstić information content (AvgIpc) is 3.27. The highest BCUT2D eigenvalue weighted by Gasteiger charge is 2.11. The SMILES string of the molecule is Cn1ccc2c(COc3cccc(-c4n[nH]nc4C#N)c3)cccc21. The van der Waals surface area contributed by atoms with Crippen LogP contribution in [0.15, 0.2) is 54.7 Å². The van der Waals surface area contributed by atoms with E-state index in [9.17, 15) is 0 Å². The van der Waals surface area contributed by atoms with Crippen molar-refractivity contribution in [3.05, 3.63) is 66.0 Å². The highest BCUT2D eigenvalue weighted by Crippen LogP contribution is 2.25. The van der Waals surface area contributed by atoms with Gasteiger partial charge in [0, 0.05) is 29.7 Å². The first-order valence-corrected chi connectivity index (χ1v) is 7.83. The Morgan fingerprint density at radius 2 is 2.04 bits per heavy atom. The summed E-state index contributed by atoms with van der Waals surface area (Å²) in [5.74, 6) is 0.720. The quantitative estimate of drug-likeness (QED) is 0.622. The number of aromatic amines is 1. The van der Waals surface area contributed by atoms with Crippen LogP contribution in [0.25, 0.3) is 22.2 Å². The fourth-order valence-corrected chi connectivity index (χ4v) is 2.90. The normalized spacial score (nSPS) is 10.7. The molecule has 0 saturated carbocycles. The van der Waals surface area contributed by atoms with E-state index in [4.69, 9.17) is 10.00 Å². The van der Waals surface area contributed by atoms with Gasteiger partial charge in [-0.3, -0.25) is 0 Å². The molecule has 0 bridgehead atoms. The molecule has 4 rings (SSSR count).